The Labute approximate surface area is 108 Å². The van der Waals surface area contributed by atoms with Crippen LogP contribution < -0.4 is 4.74 Å². The van der Waals surface area contributed by atoms with Crippen molar-refractivity contribution in [2.24, 2.45) is 0 Å². The first-order valence-corrected chi connectivity index (χ1v) is 6.30. The van der Waals surface area contributed by atoms with E-state index in [2.05, 4.69) is 0 Å². The van der Waals surface area contributed by atoms with Crippen LogP contribution >= 0.6 is 11.6 Å². The van der Waals surface area contributed by atoms with Crippen molar-refractivity contribution < 1.29 is 9.53 Å². The Kier molecular flexibility index (Phi) is 5.01. The molecule has 3 heteroatoms. The van der Waals surface area contributed by atoms with E-state index >= 15 is 0 Å². The van der Waals surface area contributed by atoms with Crippen LogP contribution in [0, 0.1) is 20.8 Å². The monoisotopic (exact) mass is 254 g/mol. The molecular formula is C14H19ClO2. The molecule has 0 aliphatic carbocycles. The molecule has 0 aliphatic heterocycles. The average Bonchev–Trinajstić information content (AvgIpc) is 2.31. The summed E-state index contributed by atoms with van der Waals surface area (Å²) in [7, 11) is 1.65. The van der Waals surface area contributed by atoms with Gasteiger partial charge in [-0.15, -0.1) is 11.6 Å². The van der Waals surface area contributed by atoms with Crippen LogP contribution in [0.3, 0.4) is 0 Å². The molecule has 0 fully saturated rings. The first-order valence-electron chi connectivity index (χ1n) is 5.76. The van der Waals surface area contributed by atoms with Gasteiger partial charge in [0.1, 0.15) is 5.75 Å². The molecule has 0 unspecified atom stereocenters. The van der Waals surface area contributed by atoms with E-state index in [0.717, 1.165) is 34.4 Å². The minimum atomic E-state index is 0.173. The maximum atomic E-state index is 12.1. The first kappa shape index (κ1) is 14.0. The van der Waals surface area contributed by atoms with Crippen molar-refractivity contribution in [3.8, 4) is 5.75 Å². The number of carbonyl (C=O) groups excluding carboxylic acids is 1. The summed E-state index contributed by atoms with van der Waals surface area (Å²) in [4.78, 5) is 12.1. The van der Waals surface area contributed by atoms with Crippen molar-refractivity contribution in [2.75, 3.05) is 13.0 Å². The quantitative estimate of drug-likeness (QED) is 0.590. The molecule has 0 N–H and O–H groups in total. The number of methoxy groups -OCH3 is 1. The van der Waals surface area contributed by atoms with E-state index in [9.17, 15) is 4.79 Å². The summed E-state index contributed by atoms with van der Waals surface area (Å²) in [6.45, 7) is 5.90. The Balaban J connectivity index is 3.16. The van der Waals surface area contributed by atoms with Gasteiger partial charge in [0.25, 0.3) is 0 Å². The molecule has 1 aromatic carbocycles. The number of hydrogen-bond donors (Lipinski definition) is 0. The van der Waals surface area contributed by atoms with Crippen molar-refractivity contribution in [3.05, 3.63) is 28.3 Å². The van der Waals surface area contributed by atoms with Crippen LogP contribution in [0.1, 0.15) is 39.9 Å². The molecule has 0 bridgehead atoms. The van der Waals surface area contributed by atoms with Crippen LogP contribution in [0.25, 0.3) is 0 Å². The minimum Gasteiger partial charge on any atom is -0.496 e. The lowest BCUT2D eigenvalue weighted by Crippen LogP contribution is -2.07. The molecule has 2 nitrogen and oxygen atoms in total. The maximum absolute atomic E-state index is 12.1. The smallest absolute Gasteiger partial charge is 0.163 e. The largest absolute Gasteiger partial charge is 0.496 e. The molecule has 0 spiro atoms. The van der Waals surface area contributed by atoms with E-state index in [1.807, 2.05) is 26.8 Å². The molecule has 1 rings (SSSR count). The van der Waals surface area contributed by atoms with Crippen LogP contribution in [0.15, 0.2) is 6.07 Å². The molecule has 0 saturated heterocycles. The number of hydrogen-bond acceptors (Lipinski definition) is 2. The van der Waals surface area contributed by atoms with Gasteiger partial charge in [-0.25, -0.2) is 0 Å². The van der Waals surface area contributed by atoms with Crippen LogP contribution in [0.4, 0.5) is 0 Å². The Morgan fingerprint density at radius 3 is 2.47 bits per heavy atom. The van der Waals surface area contributed by atoms with E-state index in [4.69, 9.17) is 16.3 Å². The van der Waals surface area contributed by atoms with Crippen LogP contribution in [-0.4, -0.2) is 18.8 Å². The van der Waals surface area contributed by atoms with Gasteiger partial charge in [0.05, 0.1) is 7.11 Å². The number of ether oxygens (including phenoxy) is 1. The predicted molar refractivity (Wildman–Crippen MR) is 71.5 cm³/mol. The second-order valence-electron chi connectivity index (χ2n) is 4.24. The molecule has 1 aromatic rings. The van der Waals surface area contributed by atoms with Gasteiger partial charge < -0.3 is 4.74 Å². The lowest BCUT2D eigenvalue weighted by Gasteiger charge is -2.15. The highest BCUT2D eigenvalue weighted by Crippen LogP contribution is 2.28. The summed E-state index contributed by atoms with van der Waals surface area (Å²) in [5, 5.41) is 0. The highest BCUT2D eigenvalue weighted by atomic mass is 35.5. The van der Waals surface area contributed by atoms with Gasteiger partial charge in [-0.2, -0.15) is 0 Å². The third-order valence-electron chi connectivity index (χ3n) is 3.09. The van der Waals surface area contributed by atoms with Gasteiger partial charge in [-0.1, -0.05) is 0 Å². The third kappa shape index (κ3) is 3.01. The summed E-state index contributed by atoms with van der Waals surface area (Å²) in [5.41, 5.74) is 3.85. The number of aryl methyl sites for hydroxylation is 1. The van der Waals surface area contributed by atoms with Gasteiger partial charge in [0.15, 0.2) is 5.78 Å². The first-order chi connectivity index (χ1) is 8.02. The van der Waals surface area contributed by atoms with E-state index < -0.39 is 0 Å². The van der Waals surface area contributed by atoms with Crippen LogP contribution in [0.5, 0.6) is 5.75 Å². The van der Waals surface area contributed by atoms with E-state index in [-0.39, 0.29) is 5.78 Å². The fourth-order valence-corrected chi connectivity index (χ4v) is 2.17. The fourth-order valence-electron chi connectivity index (χ4n) is 2.04. The lowest BCUT2D eigenvalue weighted by atomic mass is 9.93. The van der Waals surface area contributed by atoms with Gasteiger partial charge in [0, 0.05) is 17.9 Å². The minimum absolute atomic E-state index is 0.173. The highest BCUT2D eigenvalue weighted by molar-refractivity contribution is 6.18. The molecule has 17 heavy (non-hydrogen) atoms. The number of benzene rings is 1. The number of rotatable bonds is 5. The number of Topliss-reactive ketones (excluding diaryl/α,β-unsaturated/α-hetero) is 1. The zero-order valence-corrected chi connectivity index (χ0v) is 11.6. The van der Waals surface area contributed by atoms with E-state index in [1.165, 1.54) is 0 Å². The van der Waals surface area contributed by atoms with Crippen LogP contribution in [0.2, 0.25) is 0 Å². The lowest BCUT2D eigenvalue weighted by molar-refractivity contribution is 0.0980. The summed E-state index contributed by atoms with van der Waals surface area (Å²) >= 11 is 5.62. The van der Waals surface area contributed by atoms with Gasteiger partial charge in [-0.3, -0.25) is 4.79 Å². The zero-order valence-electron chi connectivity index (χ0n) is 10.9. The van der Waals surface area contributed by atoms with E-state index in [1.54, 1.807) is 7.11 Å². The average molecular weight is 255 g/mol. The SMILES string of the molecule is COc1cc(C)c(C(=O)CCCCl)c(C)c1C. The Bertz CT molecular complexity index is 425. The topological polar surface area (TPSA) is 26.3 Å². The summed E-state index contributed by atoms with van der Waals surface area (Å²) in [6.07, 6.45) is 1.24. The number of carbonyl (C=O) groups is 1. The Morgan fingerprint density at radius 2 is 1.94 bits per heavy atom. The van der Waals surface area contributed by atoms with E-state index in [0.29, 0.717) is 12.3 Å². The normalized spacial score (nSPS) is 10.4. The molecule has 0 heterocycles. The van der Waals surface area contributed by atoms with Gasteiger partial charge in [-0.05, 0) is 49.9 Å². The van der Waals surface area contributed by atoms with Crippen molar-refractivity contribution in [1.29, 1.82) is 0 Å². The Morgan fingerprint density at radius 1 is 1.29 bits per heavy atom. The number of ketones is 1. The number of halogens is 1. The standard InChI is InChI=1S/C14H19ClO2/c1-9-8-13(17-4)10(2)11(3)14(9)12(16)6-5-7-15/h8H,5-7H2,1-4H3. The zero-order chi connectivity index (χ0) is 13.0. The molecule has 0 aromatic heterocycles. The van der Waals surface area contributed by atoms with Gasteiger partial charge in [0.2, 0.25) is 0 Å². The highest BCUT2D eigenvalue weighted by Gasteiger charge is 2.16. The Hall–Kier alpha value is -1.02. The maximum Gasteiger partial charge on any atom is 0.163 e. The number of alkyl halides is 1. The summed E-state index contributed by atoms with van der Waals surface area (Å²) in [6, 6.07) is 1.93. The molecule has 0 amide bonds. The molecule has 0 atom stereocenters. The summed E-state index contributed by atoms with van der Waals surface area (Å²) in [5.74, 6) is 1.54. The fraction of sp³-hybridized carbons (Fsp3) is 0.500. The molecule has 0 aliphatic rings. The molecule has 0 saturated carbocycles. The molecule has 0 radical (unpaired) electrons. The van der Waals surface area contributed by atoms with Crippen LogP contribution in [-0.2, 0) is 0 Å². The predicted octanol–water partition coefficient (Wildman–Crippen LogP) is 3.82. The second kappa shape index (κ2) is 6.06. The van der Waals surface area contributed by atoms with Crippen molar-refractivity contribution in [3.63, 3.8) is 0 Å². The third-order valence-corrected chi connectivity index (χ3v) is 3.35. The van der Waals surface area contributed by atoms with Crippen molar-refractivity contribution >= 4 is 17.4 Å². The van der Waals surface area contributed by atoms with Crippen molar-refractivity contribution in [1.82, 2.24) is 0 Å². The van der Waals surface area contributed by atoms with Crippen molar-refractivity contribution in [2.45, 2.75) is 33.6 Å². The summed E-state index contributed by atoms with van der Waals surface area (Å²) < 4.78 is 5.29. The molecule has 94 valence electrons. The second-order valence-corrected chi connectivity index (χ2v) is 4.61. The van der Waals surface area contributed by atoms with Gasteiger partial charge >= 0.3 is 0 Å². The molecular weight excluding hydrogens is 236 g/mol.